The molecule has 0 radical (unpaired) electrons. The third-order valence-corrected chi connectivity index (χ3v) is 5.81. The number of nitrogens with zero attached hydrogens (tertiary/aromatic N) is 1. The van der Waals surface area contributed by atoms with Crippen molar-refractivity contribution in [2.24, 2.45) is 10.8 Å². The van der Waals surface area contributed by atoms with E-state index >= 15 is 0 Å². The van der Waals surface area contributed by atoms with E-state index in [0.717, 1.165) is 0 Å². The van der Waals surface area contributed by atoms with Crippen LogP contribution in [0.4, 0.5) is 0 Å². The van der Waals surface area contributed by atoms with Crippen molar-refractivity contribution in [1.82, 2.24) is 4.90 Å². The van der Waals surface area contributed by atoms with Gasteiger partial charge in [-0.2, -0.15) is 0 Å². The van der Waals surface area contributed by atoms with E-state index in [4.69, 9.17) is 0 Å². The summed E-state index contributed by atoms with van der Waals surface area (Å²) < 4.78 is 0. The fourth-order valence-corrected chi connectivity index (χ4v) is 3.72. The first-order chi connectivity index (χ1) is 8.38. The van der Waals surface area contributed by atoms with Crippen LogP contribution in [0.3, 0.4) is 0 Å². The average molecular weight is 253 g/mol. The molecular formula is C16H31NO. The minimum atomic E-state index is -0.141. The molecule has 1 heterocycles. The van der Waals surface area contributed by atoms with Crippen LogP contribution >= 0.6 is 0 Å². The van der Waals surface area contributed by atoms with Gasteiger partial charge in [-0.15, -0.1) is 0 Å². The topological polar surface area (TPSA) is 23.5 Å². The van der Waals surface area contributed by atoms with Crippen LogP contribution in [0, 0.1) is 10.8 Å². The molecule has 2 atom stereocenters. The Hall–Kier alpha value is -0.0800. The number of rotatable bonds is 2. The van der Waals surface area contributed by atoms with Gasteiger partial charge in [-0.3, -0.25) is 4.90 Å². The van der Waals surface area contributed by atoms with Gasteiger partial charge in [0.05, 0.1) is 6.10 Å². The molecule has 1 saturated carbocycles. The van der Waals surface area contributed by atoms with E-state index in [0.29, 0.717) is 11.5 Å². The Balaban J connectivity index is 1.97. The Morgan fingerprint density at radius 1 is 1.11 bits per heavy atom. The monoisotopic (exact) mass is 253 g/mol. The van der Waals surface area contributed by atoms with Gasteiger partial charge in [-0.25, -0.2) is 0 Å². The molecule has 2 heteroatoms. The van der Waals surface area contributed by atoms with Gasteiger partial charge >= 0.3 is 0 Å². The lowest BCUT2D eigenvalue weighted by molar-refractivity contribution is -0.0706. The quantitative estimate of drug-likeness (QED) is 0.815. The van der Waals surface area contributed by atoms with E-state index in [9.17, 15) is 5.11 Å². The van der Waals surface area contributed by atoms with Crippen LogP contribution in [0.5, 0.6) is 0 Å². The van der Waals surface area contributed by atoms with Crippen molar-refractivity contribution in [2.75, 3.05) is 13.1 Å². The van der Waals surface area contributed by atoms with Gasteiger partial charge in [0.1, 0.15) is 0 Å². The predicted molar refractivity (Wildman–Crippen MR) is 76.6 cm³/mol. The molecule has 2 fully saturated rings. The van der Waals surface area contributed by atoms with Crippen LogP contribution in [0.1, 0.15) is 66.2 Å². The molecule has 1 N–H and O–H groups in total. The molecule has 0 aromatic rings. The summed E-state index contributed by atoms with van der Waals surface area (Å²) >= 11 is 0. The normalized spacial score (nSPS) is 36.5. The molecule has 0 aromatic heterocycles. The average Bonchev–Trinajstić information content (AvgIpc) is 2.34. The van der Waals surface area contributed by atoms with Crippen molar-refractivity contribution in [3.05, 3.63) is 0 Å². The maximum atomic E-state index is 10.6. The molecule has 18 heavy (non-hydrogen) atoms. The highest BCUT2D eigenvalue weighted by Gasteiger charge is 2.42. The number of hydrogen-bond donors (Lipinski definition) is 1. The molecule has 0 amide bonds. The van der Waals surface area contributed by atoms with E-state index in [1.165, 1.54) is 51.6 Å². The third-order valence-electron chi connectivity index (χ3n) is 5.81. The van der Waals surface area contributed by atoms with Crippen molar-refractivity contribution < 1.29 is 5.11 Å². The first-order valence-electron chi connectivity index (χ1n) is 7.80. The molecular weight excluding hydrogens is 222 g/mol. The Kier molecular flexibility index (Phi) is 4.08. The van der Waals surface area contributed by atoms with E-state index in [-0.39, 0.29) is 11.5 Å². The molecule has 2 unspecified atom stereocenters. The zero-order valence-electron chi connectivity index (χ0n) is 12.7. The molecule has 0 spiro atoms. The minimum Gasteiger partial charge on any atom is -0.391 e. The summed E-state index contributed by atoms with van der Waals surface area (Å²) in [5.74, 6) is 0. The van der Waals surface area contributed by atoms with Crippen LogP contribution < -0.4 is 0 Å². The first kappa shape index (κ1) is 14.3. The van der Waals surface area contributed by atoms with E-state index in [1.807, 2.05) is 0 Å². The highest BCUT2D eigenvalue weighted by Crippen LogP contribution is 2.41. The van der Waals surface area contributed by atoms with E-state index in [2.05, 4.69) is 32.6 Å². The van der Waals surface area contributed by atoms with Crippen molar-refractivity contribution >= 4 is 0 Å². The molecule has 1 aliphatic heterocycles. The largest absolute Gasteiger partial charge is 0.391 e. The summed E-state index contributed by atoms with van der Waals surface area (Å²) in [6.45, 7) is 11.6. The van der Waals surface area contributed by atoms with Crippen LogP contribution in [0.2, 0.25) is 0 Å². The van der Waals surface area contributed by atoms with Gasteiger partial charge in [0.25, 0.3) is 0 Å². The number of likely N-dealkylation sites (tertiary alicyclic amines) is 1. The number of piperidine rings is 1. The molecule has 0 aromatic carbocycles. The summed E-state index contributed by atoms with van der Waals surface area (Å²) in [5, 5.41) is 10.6. The molecule has 2 aliphatic rings. The third kappa shape index (κ3) is 2.75. The van der Waals surface area contributed by atoms with E-state index < -0.39 is 0 Å². The Morgan fingerprint density at radius 3 is 2.28 bits per heavy atom. The fraction of sp³-hybridized carbons (Fsp3) is 1.00. The Labute approximate surface area is 113 Å². The summed E-state index contributed by atoms with van der Waals surface area (Å²) in [7, 11) is 0. The molecule has 0 bridgehead atoms. The molecule has 2 rings (SSSR count). The second-order valence-electron chi connectivity index (χ2n) is 7.59. The Morgan fingerprint density at radius 2 is 1.72 bits per heavy atom. The zero-order valence-corrected chi connectivity index (χ0v) is 12.7. The lowest BCUT2D eigenvalue weighted by Crippen LogP contribution is -2.55. The first-order valence-corrected chi connectivity index (χ1v) is 7.80. The number of aliphatic hydroxyl groups is 1. The maximum absolute atomic E-state index is 10.6. The molecule has 1 aliphatic carbocycles. The van der Waals surface area contributed by atoms with Crippen LogP contribution in [-0.2, 0) is 0 Å². The highest BCUT2D eigenvalue weighted by molar-refractivity contribution is 4.95. The van der Waals surface area contributed by atoms with Gasteiger partial charge in [0, 0.05) is 6.04 Å². The lowest BCUT2D eigenvalue weighted by Gasteiger charge is -2.49. The SMILES string of the molecule is CCC1(C)CCN(C2CCCC(C)(C)C2O)CC1. The Bertz CT molecular complexity index is 279. The van der Waals surface area contributed by atoms with Crippen molar-refractivity contribution in [3.8, 4) is 0 Å². The van der Waals surface area contributed by atoms with E-state index in [1.54, 1.807) is 0 Å². The highest BCUT2D eigenvalue weighted by atomic mass is 16.3. The van der Waals surface area contributed by atoms with Gasteiger partial charge in [-0.05, 0) is 49.6 Å². The number of aliphatic hydroxyl groups excluding tert-OH is 1. The van der Waals surface area contributed by atoms with Crippen LogP contribution in [-0.4, -0.2) is 35.2 Å². The van der Waals surface area contributed by atoms with Crippen LogP contribution in [0.25, 0.3) is 0 Å². The molecule has 2 nitrogen and oxygen atoms in total. The maximum Gasteiger partial charge on any atom is 0.0746 e. The van der Waals surface area contributed by atoms with Gasteiger partial charge in [0.2, 0.25) is 0 Å². The number of hydrogen-bond acceptors (Lipinski definition) is 2. The predicted octanol–water partition coefficient (Wildman–Crippen LogP) is 3.44. The summed E-state index contributed by atoms with van der Waals surface area (Å²) in [6.07, 6.45) is 7.38. The molecule has 1 saturated heterocycles. The van der Waals surface area contributed by atoms with Gasteiger partial charge in [0.15, 0.2) is 0 Å². The van der Waals surface area contributed by atoms with Gasteiger partial charge in [-0.1, -0.05) is 40.5 Å². The second-order valence-corrected chi connectivity index (χ2v) is 7.59. The van der Waals surface area contributed by atoms with Crippen molar-refractivity contribution in [1.29, 1.82) is 0 Å². The van der Waals surface area contributed by atoms with Crippen LogP contribution in [0.15, 0.2) is 0 Å². The second kappa shape index (κ2) is 5.13. The summed E-state index contributed by atoms with van der Waals surface area (Å²) in [4.78, 5) is 2.57. The van der Waals surface area contributed by atoms with Crippen molar-refractivity contribution in [2.45, 2.75) is 78.4 Å². The molecule has 106 valence electrons. The lowest BCUT2D eigenvalue weighted by atomic mass is 9.71. The minimum absolute atomic E-state index is 0.106. The summed E-state index contributed by atoms with van der Waals surface area (Å²) in [6, 6.07) is 0.412. The van der Waals surface area contributed by atoms with Crippen molar-refractivity contribution in [3.63, 3.8) is 0 Å². The zero-order chi connectivity index (χ0) is 13.4. The standard InChI is InChI=1S/C16H31NO/c1-5-16(4)9-11-17(12-10-16)13-7-6-8-15(2,3)14(13)18/h13-14,18H,5-12H2,1-4H3. The smallest absolute Gasteiger partial charge is 0.0746 e. The fourth-order valence-electron chi connectivity index (χ4n) is 3.72. The summed E-state index contributed by atoms with van der Waals surface area (Å²) in [5.41, 5.74) is 0.653. The van der Waals surface area contributed by atoms with Gasteiger partial charge < -0.3 is 5.11 Å².